The van der Waals surface area contributed by atoms with Gasteiger partial charge in [-0.3, -0.25) is 0 Å². The lowest BCUT2D eigenvalue weighted by Crippen LogP contribution is -1.89. The van der Waals surface area contributed by atoms with Gasteiger partial charge in [0.2, 0.25) is 0 Å². The van der Waals surface area contributed by atoms with E-state index in [0.717, 1.165) is 18.1 Å². The van der Waals surface area contributed by atoms with Gasteiger partial charge in [-0.25, -0.2) is 0 Å². The van der Waals surface area contributed by atoms with Crippen LogP contribution in [0.5, 0.6) is 0 Å². The van der Waals surface area contributed by atoms with Crippen molar-refractivity contribution >= 4 is 11.6 Å². The van der Waals surface area contributed by atoms with Gasteiger partial charge in [0.25, 0.3) is 0 Å². The molecular formula is C11H13ClO. The molecule has 1 saturated heterocycles. The SMILES string of the molecule is Clc1ccc(CCCC2CO2)cc1. The Kier molecular flexibility index (Phi) is 2.87. The summed E-state index contributed by atoms with van der Waals surface area (Å²) in [5.41, 5.74) is 1.37. The number of hydrogen-bond acceptors (Lipinski definition) is 1. The summed E-state index contributed by atoms with van der Waals surface area (Å²) in [5, 5.41) is 0.814. The van der Waals surface area contributed by atoms with Crippen molar-refractivity contribution in [1.29, 1.82) is 0 Å². The maximum atomic E-state index is 5.79. The third-order valence-electron chi connectivity index (χ3n) is 2.31. The molecule has 1 aromatic rings. The summed E-state index contributed by atoms with van der Waals surface area (Å²) in [6.07, 6.45) is 4.11. The molecule has 1 heterocycles. The summed E-state index contributed by atoms with van der Waals surface area (Å²) in [7, 11) is 0. The molecule has 1 atom stereocenters. The zero-order valence-electron chi connectivity index (χ0n) is 7.50. The van der Waals surface area contributed by atoms with Gasteiger partial charge >= 0.3 is 0 Å². The van der Waals surface area contributed by atoms with Crippen LogP contribution in [-0.4, -0.2) is 12.7 Å². The normalized spacial score (nSPS) is 20.2. The van der Waals surface area contributed by atoms with Gasteiger partial charge in [-0.15, -0.1) is 0 Å². The molecule has 70 valence electrons. The van der Waals surface area contributed by atoms with E-state index in [9.17, 15) is 0 Å². The first-order valence-electron chi connectivity index (χ1n) is 4.70. The molecule has 0 saturated carbocycles. The Morgan fingerprint density at radius 3 is 2.62 bits per heavy atom. The zero-order valence-corrected chi connectivity index (χ0v) is 8.26. The fourth-order valence-electron chi connectivity index (χ4n) is 1.42. The number of benzene rings is 1. The Morgan fingerprint density at radius 2 is 2.00 bits per heavy atom. The molecule has 1 unspecified atom stereocenters. The van der Waals surface area contributed by atoms with Crippen LogP contribution in [0, 0.1) is 0 Å². The van der Waals surface area contributed by atoms with E-state index in [-0.39, 0.29) is 0 Å². The molecule has 2 rings (SSSR count). The summed E-state index contributed by atoms with van der Waals surface area (Å²) >= 11 is 5.79. The second-order valence-electron chi connectivity index (χ2n) is 3.47. The number of hydrogen-bond donors (Lipinski definition) is 0. The molecule has 0 radical (unpaired) electrons. The third kappa shape index (κ3) is 3.02. The van der Waals surface area contributed by atoms with Gasteiger partial charge in [0.05, 0.1) is 12.7 Å². The monoisotopic (exact) mass is 196 g/mol. The summed E-state index contributed by atoms with van der Waals surface area (Å²) in [6.45, 7) is 0.973. The Morgan fingerprint density at radius 1 is 1.31 bits per heavy atom. The van der Waals surface area contributed by atoms with E-state index >= 15 is 0 Å². The van der Waals surface area contributed by atoms with Crippen molar-refractivity contribution in [2.75, 3.05) is 6.61 Å². The topological polar surface area (TPSA) is 12.5 Å². The number of ether oxygens (including phenoxy) is 1. The van der Waals surface area contributed by atoms with E-state index in [4.69, 9.17) is 16.3 Å². The molecule has 0 N–H and O–H groups in total. The summed E-state index contributed by atoms with van der Waals surface area (Å²) < 4.78 is 5.14. The van der Waals surface area contributed by atoms with Crippen LogP contribution >= 0.6 is 11.6 Å². The smallest absolute Gasteiger partial charge is 0.0810 e. The Balaban J connectivity index is 1.76. The van der Waals surface area contributed by atoms with Gasteiger partial charge in [0, 0.05) is 5.02 Å². The maximum Gasteiger partial charge on any atom is 0.0810 e. The highest BCUT2D eigenvalue weighted by atomic mass is 35.5. The zero-order chi connectivity index (χ0) is 9.10. The van der Waals surface area contributed by atoms with E-state index in [2.05, 4.69) is 12.1 Å². The maximum absolute atomic E-state index is 5.79. The molecule has 2 heteroatoms. The highest BCUT2D eigenvalue weighted by molar-refractivity contribution is 6.30. The summed E-state index contributed by atoms with van der Waals surface area (Å²) in [6, 6.07) is 8.08. The van der Waals surface area contributed by atoms with Gasteiger partial charge in [-0.05, 0) is 37.0 Å². The third-order valence-corrected chi connectivity index (χ3v) is 2.56. The first-order valence-corrected chi connectivity index (χ1v) is 5.08. The van der Waals surface area contributed by atoms with E-state index in [0.29, 0.717) is 6.10 Å². The van der Waals surface area contributed by atoms with Gasteiger partial charge in [-0.1, -0.05) is 23.7 Å². The van der Waals surface area contributed by atoms with Crippen LogP contribution in [0.1, 0.15) is 18.4 Å². The van der Waals surface area contributed by atoms with Crippen LogP contribution in [-0.2, 0) is 11.2 Å². The van der Waals surface area contributed by atoms with Crippen LogP contribution < -0.4 is 0 Å². The van der Waals surface area contributed by atoms with Crippen LogP contribution in [0.3, 0.4) is 0 Å². The van der Waals surface area contributed by atoms with Crippen molar-refractivity contribution in [2.24, 2.45) is 0 Å². The number of aryl methyl sites for hydroxylation is 1. The molecule has 0 spiro atoms. The molecule has 1 aromatic carbocycles. The van der Waals surface area contributed by atoms with Crippen molar-refractivity contribution in [2.45, 2.75) is 25.4 Å². The first-order chi connectivity index (χ1) is 6.34. The van der Waals surface area contributed by atoms with Gasteiger partial charge in [0.15, 0.2) is 0 Å². The van der Waals surface area contributed by atoms with Crippen molar-refractivity contribution in [3.63, 3.8) is 0 Å². The molecule has 0 bridgehead atoms. The predicted molar refractivity (Wildman–Crippen MR) is 54.1 cm³/mol. The van der Waals surface area contributed by atoms with Gasteiger partial charge < -0.3 is 4.74 Å². The van der Waals surface area contributed by atoms with E-state index in [1.165, 1.54) is 18.4 Å². The number of rotatable bonds is 4. The lowest BCUT2D eigenvalue weighted by Gasteiger charge is -1.99. The lowest BCUT2D eigenvalue weighted by molar-refractivity contribution is 0.392. The van der Waals surface area contributed by atoms with Gasteiger partial charge in [0.1, 0.15) is 0 Å². The minimum Gasteiger partial charge on any atom is -0.373 e. The van der Waals surface area contributed by atoms with E-state index in [1.54, 1.807) is 0 Å². The highest BCUT2D eigenvalue weighted by Gasteiger charge is 2.20. The van der Waals surface area contributed by atoms with Crippen molar-refractivity contribution in [1.82, 2.24) is 0 Å². The van der Waals surface area contributed by atoms with E-state index < -0.39 is 0 Å². The molecule has 0 aromatic heterocycles. The highest BCUT2D eigenvalue weighted by Crippen LogP contribution is 2.18. The average Bonchev–Trinajstić information content (AvgIpc) is 2.92. The van der Waals surface area contributed by atoms with Crippen LogP contribution in [0.2, 0.25) is 5.02 Å². The molecule has 0 amide bonds. The second-order valence-corrected chi connectivity index (χ2v) is 3.91. The van der Waals surface area contributed by atoms with Crippen molar-refractivity contribution in [3.05, 3.63) is 34.9 Å². The van der Waals surface area contributed by atoms with Crippen LogP contribution in [0.15, 0.2) is 24.3 Å². The Bertz CT molecular complexity index is 264. The fourth-order valence-corrected chi connectivity index (χ4v) is 1.55. The van der Waals surface area contributed by atoms with Crippen LogP contribution in [0.25, 0.3) is 0 Å². The largest absolute Gasteiger partial charge is 0.373 e. The molecule has 1 nitrogen and oxygen atoms in total. The fraction of sp³-hybridized carbons (Fsp3) is 0.455. The average molecular weight is 197 g/mol. The minimum absolute atomic E-state index is 0.562. The standard InChI is InChI=1S/C11H13ClO/c12-10-6-4-9(5-7-10)2-1-3-11-8-13-11/h4-7,11H,1-3,8H2. The predicted octanol–water partition coefficient (Wildman–Crippen LogP) is 3.06. The van der Waals surface area contributed by atoms with Crippen molar-refractivity contribution in [3.8, 4) is 0 Å². The molecular weight excluding hydrogens is 184 g/mol. The molecule has 1 fully saturated rings. The summed E-state index contributed by atoms with van der Waals surface area (Å²) in [5.74, 6) is 0. The Hall–Kier alpha value is -0.530. The summed E-state index contributed by atoms with van der Waals surface area (Å²) in [4.78, 5) is 0. The van der Waals surface area contributed by atoms with Gasteiger partial charge in [-0.2, -0.15) is 0 Å². The molecule has 1 aliphatic heterocycles. The first kappa shape index (κ1) is 9.04. The molecule has 13 heavy (non-hydrogen) atoms. The lowest BCUT2D eigenvalue weighted by atomic mass is 10.1. The number of halogens is 1. The molecule has 0 aliphatic carbocycles. The van der Waals surface area contributed by atoms with Crippen molar-refractivity contribution < 1.29 is 4.74 Å². The van der Waals surface area contributed by atoms with Crippen LogP contribution in [0.4, 0.5) is 0 Å². The number of epoxide rings is 1. The molecule has 1 aliphatic rings. The second kappa shape index (κ2) is 4.12. The minimum atomic E-state index is 0.562. The van der Waals surface area contributed by atoms with E-state index in [1.807, 2.05) is 12.1 Å². The quantitative estimate of drug-likeness (QED) is 0.675. The Labute approximate surface area is 83.7 Å².